The van der Waals surface area contributed by atoms with Crippen molar-refractivity contribution in [3.63, 3.8) is 0 Å². The van der Waals surface area contributed by atoms with Gasteiger partial charge in [0.2, 0.25) is 0 Å². The monoisotopic (exact) mass is 237 g/mol. The smallest absolute Gasteiger partial charge is 0.258 e. The fraction of sp³-hybridized carbons (Fsp3) is 0.0909. The molecule has 1 aliphatic rings. The summed E-state index contributed by atoms with van der Waals surface area (Å²) in [5.41, 5.74) is 0.356. The van der Waals surface area contributed by atoms with Gasteiger partial charge in [-0.3, -0.25) is 9.59 Å². The van der Waals surface area contributed by atoms with Crippen molar-refractivity contribution in [2.24, 2.45) is 0 Å². The third kappa shape index (κ3) is 1.67. The maximum Gasteiger partial charge on any atom is 0.258 e. The number of rotatable bonds is 2. The molecular weight excluding hydrogens is 230 g/mol. The molecule has 0 spiro atoms. The number of hydrogen-bond acceptors (Lipinski definition) is 3. The standard InChI is InChI=1S/C11H8ClNO3/c1-16-9-3-2-7(12)6-8(9)13-10(14)4-5-11(13)15/h2-6H,1H3. The Morgan fingerprint density at radius 3 is 2.38 bits per heavy atom. The summed E-state index contributed by atoms with van der Waals surface area (Å²) in [6, 6.07) is 4.75. The van der Waals surface area contributed by atoms with Gasteiger partial charge in [0.1, 0.15) is 5.75 Å². The fourth-order valence-corrected chi connectivity index (χ4v) is 1.64. The van der Waals surface area contributed by atoms with E-state index in [0.717, 1.165) is 4.90 Å². The first kappa shape index (κ1) is 10.7. The molecule has 0 saturated heterocycles. The molecule has 4 nitrogen and oxygen atoms in total. The molecule has 2 rings (SSSR count). The van der Waals surface area contributed by atoms with Crippen LogP contribution in [-0.2, 0) is 9.59 Å². The summed E-state index contributed by atoms with van der Waals surface area (Å²) in [6.07, 6.45) is 2.42. The molecule has 82 valence electrons. The number of carbonyl (C=O) groups excluding carboxylic acids is 2. The van der Waals surface area contributed by atoms with Gasteiger partial charge in [0.25, 0.3) is 11.8 Å². The van der Waals surface area contributed by atoms with Crippen LogP contribution in [0.4, 0.5) is 5.69 Å². The molecule has 0 radical (unpaired) electrons. The Kier molecular flexibility index (Phi) is 2.66. The van der Waals surface area contributed by atoms with E-state index >= 15 is 0 Å². The zero-order valence-corrected chi connectivity index (χ0v) is 9.19. The molecule has 5 heteroatoms. The van der Waals surface area contributed by atoms with Gasteiger partial charge < -0.3 is 4.74 Å². The van der Waals surface area contributed by atoms with Crippen molar-refractivity contribution in [2.75, 3.05) is 12.0 Å². The molecule has 0 atom stereocenters. The molecule has 1 aliphatic heterocycles. The van der Waals surface area contributed by atoms with Crippen LogP contribution in [-0.4, -0.2) is 18.9 Å². The Balaban J connectivity index is 2.51. The van der Waals surface area contributed by atoms with E-state index in [4.69, 9.17) is 16.3 Å². The number of anilines is 1. The number of nitrogens with zero attached hydrogens (tertiary/aromatic N) is 1. The summed E-state index contributed by atoms with van der Waals surface area (Å²) in [5, 5.41) is 0.434. The van der Waals surface area contributed by atoms with Gasteiger partial charge in [0.15, 0.2) is 0 Å². The predicted molar refractivity (Wildman–Crippen MR) is 59.6 cm³/mol. The number of hydrogen-bond donors (Lipinski definition) is 0. The van der Waals surface area contributed by atoms with Crippen LogP contribution in [0.5, 0.6) is 5.75 Å². The van der Waals surface area contributed by atoms with Crippen molar-refractivity contribution >= 4 is 29.1 Å². The molecule has 0 aromatic heterocycles. The molecule has 0 N–H and O–H groups in total. The van der Waals surface area contributed by atoms with E-state index < -0.39 is 11.8 Å². The number of halogens is 1. The zero-order valence-electron chi connectivity index (χ0n) is 8.44. The number of benzene rings is 1. The Hall–Kier alpha value is -1.81. The van der Waals surface area contributed by atoms with E-state index in [1.807, 2.05) is 0 Å². The second kappa shape index (κ2) is 3.98. The minimum atomic E-state index is -0.398. The van der Waals surface area contributed by atoms with E-state index in [1.54, 1.807) is 12.1 Å². The van der Waals surface area contributed by atoms with Gasteiger partial charge in [-0.05, 0) is 18.2 Å². The van der Waals surface area contributed by atoms with Gasteiger partial charge >= 0.3 is 0 Å². The zero-order chi connectivity index (χ0) is 11.7. The summed E-state index contributed by atoms with van der Waals surface area (Å²) in [4.78, 5) is 24.0. The highest BCUT2D eigenvalue weighted by molar-refractivity contribution is 6.32. The lowest BCUT2D eigenvalue weighted by molar-refractivity contribution is -0.120. The van der Waals surface area contributed by atoms with Crippen LogP contribution in [0.2, 0.25) is 5.02 Å². The summed E-state index contributed by atoms with van der Waals surface area (Å²) >= 11 is 5.82. The number of methoxy groups -OCH3 is 1. The van der Waals surface area contributed by atoms with Crippen molar-refractivity contribution in [1.29, 1.82) is 0 Å². The lowest BCUT2D eigenvalue weighted by atomic mass is 10.2. The molecule has 2 amide bonds. The maximum atomic E-state index is 11.5. The Labute approximate surface area is 97.1 Å². The molecular formula is C11H8ClNO3. The molecule has 1 aromatic carbocycles. The largest absolute Gasteiger partial charge is 0.495 e. The van der Waals surface area contributed by atoms with E-state index in [1.165, 1.54) is 25.3 Å². The van der Waals surface area contributed by atoms with Gasteiger partial charge in [-0.2, -0.15) is 0 Å². The van der Waals surface area contributed by atoms with Crippen LogP contribution >= 0.6 is 11.6 Å². The maximum absolute atomic E-state index is 11.5. The van der Waals surface area contributed by atoms with Gasteiger partial charge in [0, 0.05) is 17.2 Å². The van der Waals surface area contributed by atoms with Crippen LogP contribution < -0.4 is 9.64 Å². The topological polar surface area (TPSA) is 46.6 Å². The van der Waals surface area contributed by atoms with E-state index in [-0.39, 0.29) is 0 Å². The molecule has 0 unspecified atom stereocenters. The van der Waals surface area contributed by atoms with Crippen molar-refractivity contribution in [3.05, 3.63) is 35.4 Å². The van der Waals surface area contributed by atoms with Crippen LogP contribution in [0.1, 0.15) is 0 Å². The van der Waals surface area contributed by atoms with Crippen LogP contribution in [0.15, 0.2) is 30.4 Å². The third-order valence-corrected chi connectivity index (χ3v) is 2.43. The fourth-order valence-electron chi connectivity index (χ4n) is 1.48. The van der Waals surface area contributed by atoms with Gasteiger partial charge in [-0.25, -0.2) is 4.90 Å². The second-order valence-electron chi connectivity index (χ2n) is 3.16. The van der Waals surface area contributed by atoms with E-state index in [0.29, 0.717) is 16.5 Å². The number of ether oxygens (including phenoxy) is 1. The molecule has 1 aromatic rings. The van der Waals surface area contributed by atoms with E-state index in [9.17, 15) is 9.59 Å². The first-order valence-electron chi connectivity index (χ1n) is 4.53. The average Bonchev–Trinajstić information content (AvgIpc) is 2.58. The first-order chi connectivity index (χ1) is 7.63. The summed E-state index contributed by atoms with van der Waals surface area (Å²) < 4.78 is 5.08. The molecule has 0 saturated carbocycles. The highest BCUT2D eigenvalue weighted by atomic mass is 35.5. The number of amides is 2. The second-order valence-corrected chi connectivity index (χ2v) is 3.60. The number of carbonyl (C=O) groups is 2. The summed E-state index contributed by atoms with van der Waals surface area (Å²) in [6.45, 7) is 0. The predicted octanol–water partition coefficient (Wildman–Crippen LogP) is 1.78. The molecule has 1 heterocycles. The van der Waals surface area contributed by atoms with Gasteiger partial charge in [0.05, 0.1) is 12.8 Å². The first-order valence-corrected chi connectivity index (χ1v) is 4.91. The molecule has 16 heavy (non-hydrogen) atoms. The molecule has 0 fully saturated rings. The van der Waals surface area contributed by atoms with Gasteiger partial charge in [-0.15, -0.1) is 0 Å². The Morgan fingerprint density at radius 1 is 1.19 bits per heavy atom. The summed E-state index contributed by atoms with van der Waals surface area (Å²) in [5.74, 6) is -0.370. The normalized spacial score (nSPS) is 14.8. The average molecular weight is 238 g/mol. The molecule has 0 aliphatic carbocycles. The van der Waals surface area contributed by atoms with Crippen molar-refractivity contribution < 1.29 is 14.3 Å². The molecule has 0 bridgehead atoms. The van der Waals surface area contributed by atoms with E-state index in [2.05, 4.69) is 0 Å². The van der Waals surface area contributed by atoms with Gasteiger partial charge in [-0.1, -0.05) is 11.6 Å². The lowest BCUT2D eigenvalue weighted by Crippen LogP contribution is -2.29. The Morgan fingerprint density at radius 2 is 1.81 bits per heavy atom. The minimum Gasteiger partial charge on any atom is -0.495 e. The SMILES string of the molecule is COc1ccc(Cl)cc1N1C(=O)C=CC1=O. The van der Waals surface area contributed by atoms with Crippen molar-refractivity contribution in [1.82, 2.24) is 0 Å². The minimum absolute atomic E-state index is 0.356. The van der Waals surface area contributed by atoms with Crippen molar-refractivity contribution in [2.45, 2.75) is 0 Å². The van der Waals surface area contributed by atoms with Crippen molar-refractivity contribution in [3.8, 4) is 5.75 Å². The highest BCUT2D eigenvalue weighted by Crippen LogP contribution is 2.32. The highest BCUT2D eigenvalue weighted by Gasteiger charge is 2.27. The van der Waals surface area contributed by atoms with Crippen LogP contribution in [0, 0.1) is 0 Å². The quantitative estimate of drug-likeness (QED) is 0.737. The van der Waals surface area contributed by atoms with Crippen LogP contribution in [0.3, 0.4) is 0 Å². The lowest BCUT2D eigenvalue weighted by Gasteiger charge is -2.17. The van der Waals surface area contributed by atoms with Crippen LogP contribution in [0.25, 0.3) is 0 Å². The Bertz CT molecular complexity index is 478. The summed E-state index contributed by atoms with van der Waals surface area (Å²) in [7, 11) is 1.46. The number of imide groups is 1. The third-order valence-electron chi connectivity index (χ3n) is 2.19.